The second-order valence-electron chi connectivity index (χ2n) is 7.31. The summed E-state index contributed by atoms with van der Waals surface area (Å²) >= 11 is 5.70. The van der Waals surface area contributed by atoms with Crippen molar-refractivity contribution in [3.8, 4) is 17.6 Å². The summed E-state index contributed by atoms with van der Waals surface area (Å²) in [7, 11) is 0. The molecule has 1 heterocycles. The zero-order valence-corrected chi connectivity index (χ0v) is 22.3. The molecule has 0 atom stereocenters. The number of furan rings is 1. The molecule has 0 spiro atoms. The first-order valence-corrected chi connectivity index (χ1v) is 12.4. The molecule has 0 aliphatic rings. The third-order valence-electron chi connectivity index (χ3n) is 4.93. The van der Waals surface area contributed by atoms with E-state index in [1.165, 1.54) is 6.21 Å². The van der Waals surface area contributed by atoms with Crippen molar-refractivity contribution in [3.63, 3.8) is 0 Å². The number of benzene rings is 3. The van der Waals surface area contributed by atoms with E-state index in [9.17, 15) is 10.1 Å². The number of hydrogen-bond donors (Lipinski definition) is 1. The highest BCUT2D eigenvalue weighted by Crippen LogP contribution is 2.32. The van der Waals surface area contributed by atoms with E-state index in [2.05, 4.69) is 55.1 Å². The lowest BCUT2D eigenvalue weighted by Crippen LogP contribution is -2.16. The van der Waals surface area contributed by atoms with Crippen LogP contribution in [-0.2, 0) is 6.61 Å². The molecule has 176 valence electrons. The Morgan fingerprint density at radius 1 is 1.20 bits per heavy atom. The molecule has 0 unspecified atom stereocenters. The van der Waals surface area contributed by atoms with Gasteiger partial charge in [0.05, 0.1) is 32.5 Å². The molecule has 0 saturated heterocycles. The number of nitriles is 1. The Morgan fingerprint density at radius 3 is 2.80 bits per heavy atom. The van der Waals surface area contributed by atoms with Gasteiger partial charge in [-0.1, -0.05) is 18.2 Å². The number of hydrazone groups is 1. The van der Waals surface area contributed by atoms with Gasteiger partial charge in [0.25, 0.3) is 0 Å². The summed E-state index contributed by atoms with van der Waals surface area (Å²) in [5, 5.41) is 14.1. The van der Waals surface area contributed by atoms with Crippen LogP contribution >= 0.6 is 38.5 Å². The number of carbonyl (C=O) groups excluding carboxylic acids is 1. The van der Waals surface area contributed by atoms with Gasteiger partial charge >= 0.3 is 5.91 Å². The zero-order chi connectivity index (χ0) is 24.8. The summed E-state index contributed by atoms with van der Waals surface area (Å²) in [6, 6.07) is 20.2. The van der Waals surface area contributed by atoms with E-state index >= 15 is 0 Å². The number of nitrogens with one attached hydrogen (secondary N) is 1. The number of halogens is 2. The van der Waals surface area contributed by atoms with Gasteiger partial charge in [-0.15, -0.1) is 0 Å². The van der Waals surface area contributed by atoms with Crippen LogP contribution in [-0.4, -0.2) is 18.7 Å². The minimum absolute atomic E-state index is 0.156. The molecule has 0 aliphatic carbocycles. The molecule has 0 fully saturated rings. The standard InChI is InChI=1S/C26H19BrIN3O4/c1-2-33-20-7-8-23-19(11-20)12-24(35-23)26(32)31-30-14-16-9-21(27)25(22(28)10-16)34-15-18-6-4-3-5-17(18)13-29/h3-12,14H,2,15H2,1H3,(H,31,32)/b30-14+. The molecular weight excluding hydrogens is 625 g/mol. The molecule has 1 N–H and O–H groups in total. The molecule has 0 saturated carbocycles. The van der Waals surface area contributed by atoms with Gasteiger partial charge in [0, 0.05) is 10.9 Å². The summed E-state index contributed by atoms with van der Waals surface area (Å²) in [6.07, 6.45) is 1.54. The molecule has 35 heavy (non-hydrogen) atoms. The van der Waals surface area contributed by atoms with E-state index in [0.29, 0.717) is 29.3 Å². The van der Waals surface area contributed by atoms with Gasteiger partial charge in [0.2, 0.25) is 0 Å². The molecule has 3 aromatic carbocycles. The number of nitrogens with zero attached hydrogens (tertiary/aromatic N) is 2. The SMILES string of the molecule is CCOc1ccc2oc(C(=O)N/N=C/c3cc(Br)c(OCc4ccccc4C#N)c(I)c3)cc2c1. The molecule has 7 nitrogen and oxygen atoms in total. The van der Waals surface area contributed by atoms with Crippen molar-refractivity contribution in [1.82, 2.24) is 5.43 Å². The Labute approximate surface area is 224 Å². The fourth-order valence-corrected chi connectivity index (χ4v) is 5.08. The predicted molar refractivity (Wildman–Crippen MR) is 145 cm³/mol. The third kappa shape index (κ3) is 6.01. The number of rotatable bonds is 8. The maximum atomic E-state index is 12.5. The number of ether oxygens (including phenoxy) is 2. The van der Waals surface area contributed by atoms with Crippen molar-refractivity contribution in [3.05, 3.63) is 91.2 Å². The zero-order valence-electron chi connectivity index (χ0n) is 18.5. The number of fused-ring (bicyclic) bond motifs is 1. The molecule has 4 aromatic rings. The van der Waals surface area contributed by atoms with Gasteiger partial charge in [0.15, 0.2) is 5.76 Å². The number of hydrogen-bond acceptors (Lipinski definition) is 6. The van der Waals surface area contributed by atoms with Crippen LogP contribution in [0.3, 0.4) is 0 Å². The van der Waals surface area contributed by atoms with E-state index in [1.54, 1.807) is 24.3 Å². The van der Waals surface area contributed by atoms with Crippen molar-refractivity contribution >= 4 is 61.6 Å². The average Bonchev–Trinajstić information content (AvgIpc) is 3.27. The molecule has 1 amide bonds. The summed E-state index contributed by atoms with van der Waals surface area (Å²) in [5.41, 5.74) is 5.23. The Bertz CT molecular complexity index is 1440. The van der Waals surface area contributed by atoms with E-state index in [4.69, 9.17) is 13.9 Å². The summed E-state index contributed by atoms with van der Waals surface area (Å²) < 4.78 is 18.6. The monoisotopic (exact) mass is 643 g/mol. The van der Waals surface area contributed by atoms with Crippen molar-refractivity contribution in [2.45, 2.75) is 13.5 Å². The normalized spacial score (nSPS) is 10.9. The quantitative estimate of drug-likeness (QED) is 0.136. The van der Waals surface area contributed by atoms with Crippen molar-refractivity contribution in [2.24, 2.45) is 5.10 Å². The molecule has 0 radical (unpaired) electrons. The molecular formula is C26H19BrIN3O4. The third-order valence-corrected chi connectivity index (χ3v) is 6.32. The van der Waals surface area contributed by atoms with Crippen molar-refractivity contribution in [1.29, 1.82) is 5.26 Å². The second kappa shape index (κ2) is 11.4. The number of carbonyl (C=O) groups is 1. The first kappa shape index (κ1) is 24.8. The van der Waals surface area contributed by atoms with Gasteiger partial charge in [-0.3, -0.25) is 4.79 Å². The van der Waals surface area contributed by atoms with Gasteiger partial charge in [-0.05, 0) is 93.5 Å². The fraction of sp³-hybridized carbons (Fsp3) is 0.115. The van der Waals surface area contributed by atoms with Crippen LogP contribution in [0, 0.1) is 14.9 Å². The maximum absolute atomic E-state index is 12.5. The van der Waals surface area contributed by atoms with Crippen LogP contribution in [0.2, 0.25) is 0 Å². The molecule has 0 bridgehead atoms. The van der Waals surface area contributed by atoms with Gasteiger partial charge < -0.3 is 13.9 Å². The molecule has 0 aliphatic heterocycles. The highest BCUT2D eigenvalue weighted by Gasteiger charge is 2.13. The van der Waals surface area contributed by atoms with Crippen LogP contribution in [0.15, 0.2) is 74.7 Å². The van der Waals surface area contributed by atoms with E-state index in [-0.39, 0.29) is 12.4 Å². The van der Waals surface area contributed by atoms with Gasteiger partial charge in [-0.2, -0.15) is 10.4 Å². The maximum Gasteiger partial charge on any atom is 0.307 e. The van der Waals surface area contributed by atoms with Crippen LogP contribution in [0.4, 0.5) is 0 Å². The lowest BCUT2D eigenvalue weighted by atomic mass is 10.1. The lowest BCUT2D eigenvalue weighted by Gasteiger charge is -2.12. The first-order chi connectivity index (χ1) is 17.0. The van der Waals surface area contributed by atoms with E-state index < -0.39 is 5.91 Å². The van der Waals surface area contributed by atoms with Crippen LogP contribution in [0.25, 0.3) is 11.0 Å². The molecule has 9 heteroatoms. The summed E-state index contributed by atoms with van der Waals surface area (Å²) in [6.45, 7) is 2.74. The van der Waals surface area contributed by atoms with E-state index in [0.717, 1.165) is 24.6 Å². The number of amides is 1. The molecule has 1 aromatic heterocycles. The predicted octanol–water partition coefficient (Wildman–Crippen LogP) is 6.41. The minimum atomic E-state index is -0.458. The van der Waals surface area contributed by atoms with Crippen LogP contribution in [0.5, 0.6) is 11.5 Å². The van der Waals surface area contributed by atoms with Crippen molar-refractivity contribution < 1.29 is 18.7 Å². The minimum Gasteiger partial charge on any atom is -0.494 e. The van der Waals surface area contributed by atoms with Gasteiger partial charge in [0.1, 0.15) is 23.7 Å². The van der Waals surface area contributed by atoms with Crippen LogP contribution < -0.4 is 14.9 Å². The van der Waals surface area contributed by atoms with Crippen LogP contribution in [0.1, 0.15) is 34.2 Å². The first-order valence-electron chi connectivity index (χ1n) is 10.6. The highest BCUT2D eigenvalue weighted by atomic mass is 127. The Hall–Kier alpha value is -3.36. The van der Waals surface area contributed by atoms with Gasteiger partial charge in [-0.25, -0.2) is 5.43 Å². The Balaban J connectivity index is 1.41. The lowest BCUT2D eigenvalue weighted by molar-refractivity contribution is 0.0929. The van der Waals surface area contributed by atoms with E-state index in [1.807, 2.05) is 43.3 Å². The topological polar surface area (TPSA) is 96.8 Å². The summed E-state index contributed by atoms with van der Waals surface area (Å²) in [4.78, 5) is 12.5. The summed E-state index contributed by atoms with van der Waals surface area (Å²) in [5.74, 6) is 1.07. The van der Waals surface area contributed by atoms with Crippen molar-refractivity contribution in [2.75, 3.05) is 6.61 Å². The Morgan fingerprint density at radius 2 is 2.03 bits per heavy atom. The molecule has 4 rings (SSSR count). The fourth-order valence-electron chi connectivity index (χ4n) is 3.31. The second-order valence-corrected chi connectivity index (χ2v) is 9.33. The highest BCUT2D eigenvalue weighted by molar-refractivity contribution is 14.1. The average molecular weight is 644 g/mol. The Kier molecular flexibility index (Phi) is 8.05. The smallest absolute Gasteiger partial charge is 0.307 e. The largest absolute Gasteiger partial charge is 0.494 e.